The van der Waals surface area contributed by atoms with Crippen molar-refractivity contribution in [1.82, 2.24) is 0 Å². The molecule has 1 aliphatic carbocycles. The summed E-state index contributed by atoms with van der Waals surface area (Å²) in [5, 5.41) is 0. The van der Waals surface area contributed by atoms with Gasteiger partial charge in [0.15, 0.2) is 0 Å². The number of hydrogen-bond acceptors (Lipinski definition) is 4. The number of hydrogen-bond donors (Lipinski definition) is 1. The molecule has 0 radical (unpaired) electrons. The predicted octanol–water partition coefficient (Wildman–Crippen LogP) is 1.77. The molecule has 1 aliphatic rings. The highest BCUT2D eigenvalue weighted by Crippen LogP contribution is 2.14. The summed E-state index contributed by atoms with van der Waals surface area (Å²) in [6.45, 7) is 1.83. The van der Waals surface area contributed by atoms with Gasteiger partial charge in [0.25, 0.3) is 0 Å². The summed E-state index contributed by atoms with van der Waals surface area (Å²) in [5.41, 5.74) is 5.63. The lowest BCUT2D eigenvalue weighted by atomic mass is 9.97. The third kappa shape index (κ3) is 7.02. The smallest absolute Gasteiger partial charge is 0.377 e. The van der Waals surface area contributed by atoms with Gasteiger partial charge in [-0.3, -0.25) is 0 Å². The van der Waals surface area contributed by atoms with E-state index < -0.39 is 8.80 Å². The zero-order valence-corrected chi connectivity index (χ0v) is 11.4. The van der Waals surface area contributed by atoms with Crippen LogP contribution in [0.5, 0.6) is 0 Å². The van der Waals surface area contributed by atoms with E-state index in [0.717, 1.165) is 0 Å². The summed E-state index contributed by atoms with van der Waals surface area (Å²) in [6, 6.07) is 0.536. The summed E-state index contributed by atoms with van der Waals surface area (Å²) in [4.78, 5) is 0. The van der Waals surface area contributed by atoms with Crippen molar-refractivity contribution in [2.75, 3.05) is 21.3 Å². The molecule has 2 N–H and O–H groups in total. The molecule has 0 aromatic heterocycles. The van der Waals surface area contributed by atoms with Crippen LogP contribution in [0.1, 0.15) is 32.1 Å². The van der Waals surface area contributed by atoms with E-state index in [2.05, 4.69) is 0 Å². The van der Waals surface area contributed by atoms with Crippen LogP contribution in [-0.2, 0) is 13.3 Å². The third-order valence-electron chi connectivity index (χ3n) is 2.76. The lowest BCUT2D eigenvalue weighted by Gasteiger charge is -2.18. The molecule has 15 heavy (non-hydrogen) atoms. The van der Waals surface area contributed by atoms with Crippen LogP contribution >= 0.6 is 0 Å². The van der Waals surface area contributed by atoms with Crippen LogP contribution in [0.2, 0.25) is 6.55 Å². The van der Waals surface area contributed by atoms with Gasteiger partial charge in [0, 0.05) is 33.9 Å². The van der Waals surface area contributed by atoms with E-state index in [1.165, 1.54) is 32.1 Å². The van der Waals surface area contributed by atoms with Crippen molar-refractivity contribution >= 4 is 8.80 Å². The summed E-state index contributed by atoms with van der Waals surface area (Å²) < 4.78 is 14.8. The highest BCUT2D eigenvalue weighted by atomic mass is 28.4. The van der Waals surface area contributed by atoms with Gasteiger partial charge in [0.05, 0.1) is 0 Å². The van der Waals surface area contributed by atoms with Crippen molar-refractivity contribution in [3.05, 3.63) is 0 Å². The van der Waals surface area contributed by atoms with Gasteiger partial charge >= 0.3 is 8.80 Å². The van der Waals surface area contributed by atoms with Gasteiger partial charge in [0.1, 0.15) is 0 Å². The molecule has 0 heterocycles. The first-order chi connectivity index (χ1) is 7.08. The minimum absolute atomic E-state index is 0.536. The quantitative estimate of drug-likeness (QED) is 0.758. The van der Waals surface area contributed by atoms with Crippen LogP contribution in [-0.4, -0.2) is 36.2 Å². The standard InChI is InChI=1S/C6H13N.C4H12O3Si/c7-6-4-2-1-3-5-6;1-5-8(4,6-2)7-3/h6H,1-5,7H2;1-4H3. The monoisotopic (exact) mass is 235 g/mol. The maximum atomic E-state index is 5.63. The van der Waals surface area contributed by atoms with E-state index in [0.29, 0.717) is 6.04 Å². The summed E-state index contributed by atoms with van der Waals surface area (Å²) in [5.74, 6) is 0. The molecule has 5 heteroatoms. The first-order valence-electron chi connectivity index (χ1n) is 5.49. The molecule has 92 valence electrons. The van der Waals surface area contributed by atoms with Gasteiger partial charge in [-0.2, -0.15) is 0 Å². The van der Waals surface area contributed by atoms with Crippen molar-refractivity contribution in [3.8, 4) is 0 Å². The van der Waals surface area contributed by atoms with Crippen molar-refractivity contribution < 1.29 is 13.3 Å². The number of rotatable bonds is 3. The van der Waals surface area contributed by atoms with Gasteiger partial charge in [0.2, 0.25) is 0 Å². The molecule has 1 saturated carbocycles. The average Bonchev–Trinajstić information content (AvgIpc) is 2.30. The fourth-order valence-corrected chi connectivity index (χ4v) is 1.88. The lowest BCUT2D eigenvalue weighted by molar-refractivity contribution is 0.132. The summed E-state index contributed by atoms with van der Waals surface area (Å²) in [7, 11) is 2.58. The SMILES string of the molecule is CO[Si](C)(OC)OC.NC1CCCCC1. The molecule has 0 atom stereocenters. The first-order valence-corrected chi connectivity index (χ1v) is 7.71. The highest BCUT2D eigenvalue weighted by Gasteiger charge is 2.29. The Hall–Kier alpha value is 0.0569. The molecular weight excluding hydrogens is 210 g/mol. The Balaban J connectivity index is 0.000000262. The molecular formula is C10H25NO3Si. The minimum atomic E-state index is -2.17. The highest BCUT2D eigenvalue weighted by molar-refractivity contribution is 6.58. The normalized spacial score (nSPS) is 18.2. The Morgan fingerprint density at radius 3 is 1.47 bits per heavy atom. The van der Waals surface area contributed by atoms with E-state index in [1.54, 1.807) is 21.3 Å². The van der Waals surface area contributed by atoms with Gasteiger partial charge in [-0.25, -0.2) is 0 Å². The first kappa shape index (κ1) is 15.1. The van der Waals surface area contributed by atoms with E-state index in [4.69, 9.17) is 19.0 Å². The Morgan fingerprint density at radius 1 is 0.933 bits per heavy atom. The van der Waals surface area contributed by atoms with Gasteiger partial charge in [-0.15, -0.1) is 0 Å². The Morgan fingerprint density at radius 2 is 1.33 bits per heavy atom. The molecule has 0 amide bonds. The van der Waals surface area contributed by atoms with E-state index in [-0.39, 0.29) is 0 Å². The summed E-state index contributed by atoms with van der Waals surface area (Å²) in [6.07, 6.45) is 6.66. The van der Waals surface area contributed by atoms with Crippen molar-refractivity contribution in [3.63, 3.8) is 0 Å². The minimum Gasteiger partial charge on any atom is -0.377 e. The predicted molar refractivity (Wildman–Crippen MR) is 63.7 cm³/mol. The molecule has 0 saturated heterocycles. The maximum Gasteiger partial charge on any atom is 0.496 e. The zero-order chi connectivity index (χ0) is 11.7. The topological polar surface area (TPSA) is 53.7 Å². The van der Waals surface area contributed by atoms with Crippen LogP contribution in [0.15, 0.2) is 0 Å². The fraction of sp³-hybridized carbons (Fsp3) is 1.00. The maximum absolute atomic E-state index is 5.63. The lowest BCUT2D eigenvalue weighted by Crippen LogP contribution is -2.38. The van der Waals surface area contributed by atoms with Gasteiger partial charge < -0.3 is 19.0 Å². The fourth-order valence-electron chi connectivity index (χ4n) is 1.38. The Kier molecular flexibility index (Phi) is 8.27. The largest absolute Gasteiger partial charge is 0.496 e. The van der Waals surface area contributed by atoms with Crippen LogP contribution in [0.4, 0.5) is 0 Å². The molecule has 0 aliphatic heterocycles. The van der Waals surface area contributed by atoms with Crippen molar-refractivity contribution in [2.24, 2.45) is 5.73 Å². The molecule has 1 fully saturated rings. The van der Waals surface area contributed by atoms with Crippen molar-refractivity contribution in [2.45, 2.75) is 44.7 Å². The zero-order valence-electron chi connectivity index (χ0n) is 10.4. The third-order valence-corrected chi connectivity index (χ3v) is 4.99. The van der Waals surface area contributed by atoms with Crippen LogP contribution in [0, 0.1) is 0 Å². The van der Waals surface area contributed by atoms with E-state index in [9.17, 15) is 0 Å². The number of nitrogens with two attached hydrogens (primary N) is 1. The van der Waals surface area contributed by atoms with Crippen molar-refractivity contribution in [1.29, 1.82) is 0 Å². The Labute approximate surface area is 94.5 Å². The van der Waals surface area contributed by atoms with Gasteiger partial charge in [-0.05, 0) is 12.8 Å². The second kappa shape index (κ2) is 8.24. The molecule has 0 aromatic rings. The van der Waals surface area contributed by atoms with Crippen LogP contribution in [0.25, 0.3) is 0 Å². The molecule has 4 nitrogen and oxygen atoms in total. The molecule has 0 bridgehead atoms. The van der Waals surface area contributed by atoms with Crippen LogP contribution in [0.3, 0.4) is 0 Å². The summed E-state index contributed by atoms with van der Waals surface area (Å²) >= 11 is 0. The Bertz CT molecular complexity index is 139. The van der Waals surface area contributed by atoms with E-state index in [1.807, 2.05) is 6.55 Å². The molecule has 0 spiro atoms. The van der Waals surface area contributed by atoms with E-state index >= 15 is 0 Å². The average molecular weight is 235 g/mol. The van der Waals surface area contributed by atoms with Gasteiger partial charge in [-0.1, -0.05) is 19.3 Å². The van der Waals surface area contributed by atoms with Crippen LogP contribution < -0.4 is 5.73 Å². The second-order valence-electron chi connectivity index (χ2n) is 3.87. The molecule has 1 rings (SSSR count). The molecule has 0 unspecified atom stereocenters. The molecule has 0 aromatic carbocycles. The second-order valence-corrected chi connectivity index (χ2v) is 6.82.